The van der Waals surface area contributed by atoms with Crippen molar-refractivity contribution >= 4 is 11.9 Å². The number of aliphatic carboxylic acids is 2. The third kappa shape index (κ3) is 4.85. The third-order valence-corrected chi connectivity index (χ3v) is 2.88. The van der Waals surface area contributed by atoms with E-state index < -0.39 is 11.9 Å². The van der Waals surface area contributed by atoms with Crippen LogP contribution in [0.15, 0.2) is 23.3 Å². The van der Waals surface area contributed by atoms with Crippen LogP contribution < -0.4 is 0 Å². The standard InChI is InChI=1S/C7H10O2.C6H8O2/c8-7(9)6-4-2-1-3-5-6;7-6(8)5-3-1-2-4-5/h4H,1-3,5H2,(H,8,9);3H,1-2,4H2,(H,7,8). The molecule has 94 valence electrons. The Morgan fingerprint density at radius 3 is 1.59 bits per heavy atom. The molecule has 4 nitrogen and oxygen atoms in total. The smallest absolute Gasteiger partial charge is 0.331 e. The maximum atomic E-state index is 10.3. The number of carboxylic acid groups (broad SMARTS) is 2. The van der Waals surface area contributed by atoms with Crippen molar-refractivity contribution in [2.24, 2.45) is 0 Å². The number of allylic oxidation sites excluding steroid dienone is 2. The van der Waals surface area contributed by atoms with E-state index in [2.05, 4.69) is 0 Å². The first-order valence-corrected chi connectivity index (χ1v) is 5.96. The molecule has 0 saturated heterocycles. The molecule has 0 aromatic carbocycles. The maximum absolute atomic E-state index is 10.3. The highest BCUT2D eigenvalue weighted by molar-refractivity contribution is 5.87. The first-order chi connectivity index (χ1) is 8.11. The number of hydrogen-bond acceptors (Lipinski definition) is 2. The van der Waals surface area contributed by atoms with Gasteiger partial charge in [0.25, 0.3) is 0 Å². The minimum absolute atomic E-state index is 0.588. The number of rotatable bonds is 2. The molecule has 0 saturated carbocycles. The Hall–Kier alpha value is -1.58. The Kier molecular flexibility index (Phi) is 5.46. The molecule has 0 bridgehead atoms. The predicted octanol–water partition coefficient (Wildman–Crippen LogP) is 2.75. The van der Waals surface area contributed by atoms with Crippen molar-refractivity contribution in [3.8, 4) is 0 Å². The van der Waals surface area contributed by atoms with Crippen LogP contribution in [0.2, 0.25) is 0 Å². The molecule has 4 heteroatoms. The highest BCUT2D eigenvalue weighted by Gasteiger charge is 2.10. The lowest BCUT2D eigenvalue weighted by molar-refractivity contribution is -0.133. The average Bonchev–Trinajstić information content (AvgIpc) is 2.84. The van der Waals surface area contributed by atoms with Gasteiger partial charge in [-0.3, -0.25) is 0 Å². The summed E-state index contributed by atoms with van der Waals surface area (Å²) in [6, 6.07) is 0. The fraction of sp³-hybridized carbons (Fsp3) is 0.538. The van der Waals surface area contributed by atoms with Crippen LogP contribution in [0.25, 0.3) is 0 Å². The molecule has 0 fully saturated rings. The zero-order chi connectivity index (χ0) is 12.7. The van der Waals surface area contributed by atoms with Gasteiger partial charge in [0.2, 0.25) is 0 Å². The van der Waals surface area contributed by atoms with Crippen LogP contribution in [0.3, 0.4) is 0 Å². The van der Waals surface area contributed by atoms with Crippen LogP contribution in [0.1, 0.15) is 44.9 Å². The molecule has 2 rings (SSSR count). The maximum Gasteiger partial charge on any atom is 0.331 e. The first-order valence-electron chi connectivity index (χ1n) is 5.96. The van der Waals surface area contributed by atoms with E-state index in [0.29, 0.717) is 11.1 Å². The summed E-state index contributed by atoms with van der Waals surface area (Å²) in [5.41, 5.74) is 1.19. The van der Waals surface area contributed by atoms with E-state index in [4.69, 9.17) is 10.2 Å². The third-order valence-electron chi connectivity index (χ3n) is 2.88. The van der Waals surface area contributed by atoms with Crippen molar-refractivity contribution in [1.29, 1.82) is 0 Å². The van der Waals surface area contributed by atoms with Crippen molar-refractivity contribution in [3.63, 3.8) is 0 Å². The molecule has 0 aromatic heterocycles. The minimum atomic E-state index is -0.748. The predicted molar refractivity (Wildman–Crippen MR) is 63.8 cm³/mol. The Morgan fingerprint density at radius 1 is 0.824 bits per heavy atom. The van der Waals surface area contributed by atoms with Crippen molar-refractivity contribution < 1.29 is 19.8 Å². The van der Waals surface area contributed by atoms with Gasteiger partial charge < -0.3 is 10.2 Å². The van der Waals surface area contributed by atoms with Gasteiger partial charge in [0, 0.05) is 11.1 Å². The van der Waals surface area contributed by atoms with Crippen LogP contribution in [0.4, 0.5) is 0 Å². The Balaban J connectivity index is 0.000000171. The Bertz CT molecular complexity index is 352. The molecule has 0 atom stereocenters. The van der Waals surface area contributed by atoms with Gasteiger partial charge in [0.15, 0.2) is 0 Å². The SMILES string of the molecule is O=C(O)C1=CCCC1.O=C(O)C1=CCCCC1. The Morgan fingerprint density at radius 2 is 1.29 bits per heavy atom. The molecule has 0 unspecified atom stereocenters. The molecule has 0 spiro atoms. The van der Waals surface area contributed by atoms with Gasteiger partial charge in [-0.05, 0) is 44.9 Å². The van der Waals surface area contributed by atoms with Crippen LogP contribution in [0.5, 0.6) is 0 Å². The number of carboxylic acids is 2. The van der Waals surface area contributed by atoms with Gasteiger partial charge in [0.1, 0.15) is 0 Å². The molecule has 0 amide bonds. The molecule has 0 aliphatic heterocycles. The van der Waals surface area contributed by atoms with E-state index in [1.807, 2.05) is 6.08 Å². The van der Waals surface area contributed by atoms with Crippen LogP contribution in [-0.4, -0.2) is 22.2 Å². The van der Waals surface area contributed by atoms with E-state index in [0.717, 1.165) is 44.9 Å². The summed E-state index contributed by atoms with van der Waals surface area (Å²) in [5, 5.41) is 16.8. The summed E-state index contributed by atoms with van der Waals surface area (Å²) in [6.07, 6.45) is 10.2. The lowest BCUT2D eigenvalue weighted by atomic mass is 10.0. The number of carbonyl (C=O) groups is 2. The second-order valence-electron chi connectivity index (χ2n) is 4.21. The largest absolute Gasteiger partial charge is 0.478 e. The quantitative estimate of drug-likeness (QED) is 0.775. The lowest BCUT2D eigenvalue weighted by Gasteiger charge is -2.06. The molecule has 2 aliphatic rings. The highest BCUT2D eigenvalue weighted by atomic mass is 16.4. The van der Waals surface area contributed by atoms with E-state index in [1.54, 1.807) is 6.08 Å². The first kappa shape index (κ1) is 13.5. The summed E-state index contributed by atoms with van der Waals surface area (Å²) in [7, 11) is 0. The van der Waals surface area contributed by atoms with Crippen molar-refractivity contribution in [2.75, 3.05) is 0 Å². The summed E-state index contributed by atoms with van der Waals surface area (Å²) < 4.78 is 0. The minimum Gasteiger partial charge on any atom is -0.478 e. The monoisotopic (exact) mass is 238 g/mol. The fourth-order valence-corrected chi connectivity index (χ4v) is 1.90. The average molecular weight is 238 g/mol. The molecule has 0 aromatic rings. The molecule has 0 radical (unpaired) electrons. The zero-order valence-corrected chi connectivity index (χ0v) is 9.82. The Labute approximate surface area is 101 Å². The topological polar surface area (TPSA) is 74.6 Å². The van der Waals surface area contributed by atoms with Crippen LogP contribution in [0, 0.1) is 0 Å². The summed E-state index contributed by atoms with van der Waals surface area (Å²) >= 11 is 0. The van der Waals surface area contributed by atoms with Crippen molar-refractivity contribution in [3.05, 3.63) is 23.3 Å². The molecule has 17 heavy (non-hydrogen) atoms. The number of hydrogen-bond donors (Lipinski definition) is 2. The molecular weight excluding hydrogens is 220 g/mol. The van der Waals surface area contributed by atoms with Gasteiger partial charge in [-0.25, -0.2) is 9.59 Å². The zero-order valence-electron chi connectivity index (χ0n) is 9.82. The van der Waals surface area contributed by atoms with E-state index in [-0.39, 0.29) is 0 Å². The van der Waals surface area contributed by atoms with Crippen molar-refractivity contribution in [1.82, 2.24) is 0 Å². The second-order valence-corrected chi connectivity index (χ2v) is 4.21. The summed E-state index contributed by atoms with van der Waals surface area (Å²) in [4.78, 5) is 20.4. The molecular formula is C13H18O4. The summed E-state index contributed by atoms with van der Waals surface area (Å²) in [6.45, 7) is 0. The van der Waals surface area contributed by atoms with Crippen LogP contribution in [-0.2, 0) is 9.59 Å². The van der Waals surface area contributed by atoms with Gasteiger partial charge in [0.05, 0.1) is 0 Å². The highest BCUT2D eigenvalue weighted by Crippen LogP contribution is 2.17. The van der Waals surface area contributed by atoms with E-state index in [1.165, 1.54) is 0 Å². The normalized spacial score (nSPS) is 18.6. The second kappa shape index (κ2) is 6.89. The summed E-state index contributed by atoms with van der Waals surface area (Å²) in [5.74, 6) is -1.49. The van der Waals surface area contributed by atoms with Gasteiger partial charge in [-0.2, -0.15) is 0 Å². The van der Waals surface area contributed by atoms with Gasteiger partial charge in [-0.15, -0.1) is 0 Å². The molecule has 0 heterocycles. The molecule has 2 N–H and O–H groups in total. The fourth-order valence-electron chi connectivity index (χ4n) is 1.90. The van der Waals surface area contributed by atoms with Crippen molar-refractivity contribution in [2.45, 2.75) is 44.9 Å². The molecule has 2 aliphatic carbocycles. The van der Waals surface area contributed by atoms with Gasteiger partial charge >= 0.3 is 11.9 Å². The van der Waals surface area contributed by atoms with Gasteiger partial charge in [-0.1, -0.05) is 12.2 Å². The van der Waals surface area contributed by atoms with E-state index >= 15 is 0 Å². The van der Waals surface area contributed by atoms with E-state index in [9.17, 15) is 9.59 Å². The lowest BCUT2D eigenvalue weighted by Crippen LogP contribution is -2.03. The van der Waals surface area contributed by atoms with Crippen LogP contribution >= 0.6 is 0 Å².